The number of alkyl halides is 1. The fourth-order valence-electron chi connectivity index (χ4n) is 0.518. The van der Waals surface area contributed by atoms with Crippen molar-refractivity contribution >= 4 is 17.9 Å². The highest BCUT2D eigenvalue weighted by molar-refractivity contribution is 6.21. The van der Waals surface area contributed by atoms with Gasteiger partial charge < -0.3 is 9.15 Å². The third-order valence-corrected chi connectivity index (χ3v) is 1.75. The van der Waals surface area contributed by atoms with E-state index in [4.69, 9.17) is 11.6 Å². The molecule has 0 bridgehead atoms. The zero-order valence-electron chi connectivity index (χ0n) is 6.57. The number of halogens is 1. The summed E-state index contributed by atoms with van der Waals surface area (Å²) < 4.78 is 9.30. The van der Waals surface area contributed by atoms with Crippen molar-refractivity contribution in [3.63, 3.8) is 0 Å². The number of epoxide rings is 1. The van der Waals surface area contributed by atoms with E-state index in [1.54, 1.807) is 12.1 Å². The first kappa shape index (κ1) is 9.29. The minimum absolute atomic E-state index is 0.0231. The molecule has 4 heteroatoms. The van der Waals surface area contributed by atoms with Gasteiger partial charge in [-0.25, -0.2) is 0 Å². The maximum absolute atomic E-state index is 9.77. The standard InChI is InChI=1S/C5H4O2.C3H5ClO/c6-4-5-2-1-3-7-5;1-2-3(4)5-2/h1-4H;2-3H,1H3. The fourth-order valence-corrected chi connectivity index (χ4v) is 0.680. The van der Waals surface area contributed by atoms with E-state index in [0.717, 1.165) is 0 Å². The number of ether oxygens (including phenoxy) is 1. The van der Waals surface area contributed by atoms with Gasteiger partial charge in [-0.15, -0.1) is 0 Å². The van der Waals surface area contributed by atoms with Gasteiger partial charge in [0.15, 0.2) is 17.6 Å². The Kier molecular flexibility index (Phi) is 3.31. The molecule has 2 rings (SSSR count). The van der Waals surface area contributed by atoms with E-state index in [9.17, 15) is 4.79 Å². The lowest BCUT2D eigenvalue weighted by Crippen LogP contribution is -1.69. The molecule has 0 aromatic carbocycles. The van der Waals surface area contributed by atoms with E-state index in [2.05, 4.69) is 9.15 Å². The van der Waals surface area contributed by atoms with E-state index in [1.165, 1.54) is 6.26 Å². The predicted octanol–water partition coefficient (Wildman–Crippen LogP) is 2.06. The normalized spacial score (nSPS) is 25.5. The summed E-state index contributed by atoms with van der Waals surface area (Å²) in [5.41, 5.74) is 0.0231. The van der Waals surface area contributed by atoms with Crippen LogP contribution in [0, 0.1) is 0 Å². The zero-order chi connectivity index (χ0) is 8.97. The molecule has 2 heterocycles. The van der Waals surface area contributed by atoms with Crippen LogP contribution in [0.1, 0.15) is 17.5 Å². The Morgan fingerprint density at radius 1 is 1.67 bits per heavy atom. The maximum Gasteiger partial charge on any atom is 0.185 e. The zero-order valence-corrected chi connectivity index (χ0v) is 7.32. The van der Waals surface area contributed by atoms with Crippen molar-refractivity contribution < 1.29 is 13.9 Å². The molecule has 66 valence electrons. The van der Waals surface area contributed by atoms with Gasteiger partial charge in [0.05, 0.1) is 12.4 Å². The molecule has 1 aromatic heterocycles. The van der Waals surface area contributed by atoms with Crippen LogP contribution in [0.2, 0.25) is 0 Å². The number of aldehydes is 1. The van der Waals surface area contributed by atoms with Crippen LogP contribution in [0.3, 0.4) is 0 Å². The number of carbonyl (C=O) groups is 1. The van der Waals surface area contributed by atoms with Crippen LogP contribution >= 0.6 is 11.6 Å². The minimum atomic E-state index is 0.0231. The number of carbonyl (C=O) groups excluding carboxylic acids is 1. The molecule has 1 fully saturated rings. The first-order chi connectivity index (χ1) is 5.74. The fraction of sp³-hybridized carbons (Fsp3) is 0.375. The molecule has 1 aliphatic rings. The summed E-state index contributed by atoms with van der Waals surface area (Å²) in [7, 11) is 0. The highest BCUT2D eigenvalue weighted by atomic mass is 35.5. The van der Waals surface area contributed by atoms with Crippen LogP contribution in [-0.4, -0.2) is 18.0 Å². The Morgan fingerprint density at radius 3 is 2.42 bits per heavy atom. The molecule has 1 aromatic rings. The second kappa shape index (κ2) is 4.28. The topological polar surface area (TPSA) is 42.7 Å². The van der Waals surface area contributed by atoms with Gasteiger partial charge in [-0.05, 0) is 19.1 Å². The van der Waals surface area contributed by atoms with Crippen LogP contribution < -0.4 is 0 Å². The van der Waals surface area contributed by atoms with E-state index in [0.29, 0.717) is 18.2 Å². The highest BCUT2D eigenvalue weighted by Gasteiger charge is 2.30. The lowest BCUT2D eigenvalue weighted by atomic mass is 10.5. The Labute approximate surface area is 75.3 Å². The molecule has 0 N–H and O–H groups in total. The van der Waals surface area contributed by atoms with Gasteiger partial charge >= 0.3 is 0 Å². The lowest BCUT2D eigenvalue weighted by Gasteiger charge is -1.68. The molecular formula is C8H9ClO3. The van der Waals surface area contributed by atoms with Gasteiger partial charge in [0.25, 0.3) is 0 Å². The van der Waals surface area contributed by atoms with E-state index in [-0.39, 0.29) is 5.56 Å². The molecule has 0 spiro atoms. The molecule has 0 radical (unpaired) electrons. The van der Waals surface area contributed by atoms with Crippen LogP contribution in [0.15, 0.2) is 22.8 Å². The number of furan rings is 1. The quantitative estimate of drug-likeness (QED) is 0.385. The average Bonchev–Trinajstić information content (AvgIpc) is 2.62. The molecule has 3 nitrogen and oxygen atoms in total. The summed E-state index contributed by atoms with van der Waals surface area (Å²) in [4.78, 5) is 9.77. The molecule has 0 saturated carbocycles. The maximum atomic E-state index is 9.77. The second-order valence-electron chi connectivity index (χ2n) is 2.33. The van der Waals surface area contributed by atoms with Crippen molar-refractivity contribution in [3.05, 3.63) is 24.2 Å². The van der Waals surface area contributed by atoms with E-state index < -0.39 is 0 Å². The average molecular weight is 189 g/mol. The molecule has 2 atom stereocenters. The van der Waals surface area contributed by atoms with Gasteiger partial charge in [0.2, 0.25) is 0 Å². The summed E-state index contributed by atoms with van der Waals surface area (Å²) in [6.07, 6.45) is 2.45. The van der Waals surface area contributed by atoms with Crippen molar-refractivity contribution in [2.45, 2.75) is 18.6 Å². The predicted molar refractivity (Wildman–Crippen MR) is 44.3 cm³/mol. The van der Waals surface area contributed by atoms with Crippen molar-refractivity contribution in [2.75, 3.05) is 0 Å². The van der Waals surface area contributed by atoms with Crippen molar-refractivity contribution in [1.82, 2.24) is 0 Å². The van der Waals surface area contributed by atoms with Crippen LogP contribution in [0.5, 0.6) is 0 Å². The first-order valence-electron chi connectivity index (χ1n) is 3.52. The van der Waals surface area contributed by atoms with Crippen molar-refractivity contribution in [1.29, 1.82) is 0 Å². The van der Waals surface area contributed by atoms with Gasteiger partial charge in [-0.2, -0.15) is 0 Å². The Morgan fingerprint density at radius 2 is 2.25 bits per heavy atom. The Hall–Kier alpha value is -0.800. The lowest BCUT2D eigenvalue weighted by molar-refractivity contribution is 0.110. The van der Waals surface area contributed by atoms with Gasteiger partial charge in [0, 0.05) is 0 Å². The number of hydrogen-bond donors (Lipinski definition) is 0. The summed E-state index contributed by atoms with van der Waals surface area (Å²) in [6.45, 7) is 1.94. The third-order valence-electron chi connectivity index (χ3n) is 1.30. The van der Waals surface area contributed by atoms with Gasteiger partial charge in [-0.3, -0.25) is 4.79 Å². The van der Waals surface area contributed by atoms with Crippen molar-refractivity contribution in [2.24, 2.45) is 0 Å². The van der Waals surface area contributed by atoms with Crippen LogP contribution in [0.4, 0.5) is 0 Å². The largest absolute Gasteiger partial charge is 0.462 e. The first-order valence-corrected chi connectivity index (χ1v) is 3.96. The van der Waals surface area contributed by atoms with Crippen LogP contribution in [-0.2, 0) is 4.74 Å². The Bertz CT molecular complexity index is 226. The molecule has 12 heavy (non-hydrogen) atoms. The highest BCUT2D eigenvalue weighted by Crippen LogP contribution is 2.23. The SMILES string of the molecule is CC1OC1Cl.O=Cc1ccco1. The summed E-state index contributed by atoms with van der Waals surface area (Å²) in [6, 6.07) is 3.27. The molecule has 2 unspecified atom stereocenters. The smallest absolute Gasteiger partial charge is 0.185 e. The van der Waals surface area contributed by atoms with Gasteiger partial charge in [0.1, 0.15) is 0 Å². The number of rotatable bonds is 1. The second-order valence-corrected chi connectivity index (χ2v) is 2.76. The molecule has 0 aliphatic carbocycles. The molecule has 1 saturated heterocycles. The molecule has 0 amide bonds. The summed E-state index contributed by atoms with van der Waals surface area (Å²) in [5, 5.41) is 0. The monoisotopic (exact) mass is 188 g/mol. The summed E-state index contributed by atoms with van der Waals surface area (Å²) >= 11 is 5.31. The third kappa shape index (κ3) is 3.07. The molecular weight excluding hydrogens is 180 g/mol. The van der Waals surface area contributed by atoms with E-state index >= 15 is 0 Å². The Balaban J connectivity index is 0.000000127. The number of hydrogen-bond acceptors (Lipinski definition) is 3. The molecule has 1 aliphatic heterocycles. The van der Waals surface area contributed by atoms with E-state index in [1.807, 2.05) is 6.92 Å². The van der Waals surface area contributed by atoms with Gasteiger partial charge in [-0.1, -0.05) is 11.6 Å². The van der Waals surface area contributed by atoms with Crippen molar-refractivity contribution in [3.8, 4) is 0 Å². The van der Waals surface area contributed by atoms with Crippen LogP contribution in [0.25, 0.3) is 0 Å². The minimum Gasteiger partial charge on any atom is -0.462 e. The summed E-state index contributed by atoms with van der Waals surface area (Å²) in [5.74, 6) is 0.375.